The maximum absolute atomic E-state index is 12.1. The molecular formula is C15H12ClN3O2S3. The maximum Gasteiger partial charge on any atom is 0.267 e. The van der Waals surface area contributed by atoms with Gasteiger partial charge in [-0.05, 0) is 24.3 Å². The Labute approximate surface area is 155 Å². The molecule has 2 amide bonds. The van der Waals surface area contributed by atoms with Gasteiger partial charge in [0.05, 0.1) is 26.3 Å². The van der Waals surface area contributed by atoms with Crippen molar-refractivity contribution in [3.63, 3.8) is 0 Å². The first kappa shape index (κ1) is 17.1. The molecule has 24 heavy (non-hydrogen) atoms. The SMILES string of the molecule is CC(=O)NCc1ccc(-c2csc(NC(=O)c3ccc(Cl)s3)n2)s1. The van der Waals surface area contributed by atoms with Gasteiger partial charge in [-0.15, -0.1) is 34.0 Å². The van der Waals surface area contributed by atoms with Gasteiger partial charge in [-0.1, -0.05) is 11.6 Å². The van der Waals surface area contributed by atoms with Gasteiger partial charge in [-0.2, -0.15) is 0 Å². The smallest absolute Gasteiger partial charge is 0.267 e. The summed E-state index contributed by atoms with van der Waals surface area (Å²) in [5, 5.41) is 7.97. The zero-order valence-corrected chi connectivity index (χ0v) is 15.7. The zero-order chi connectivity index (χ0) is 17.1. The second kappa shape index (κ2) is 7.43. The Hall–Kier alpha value is -1.74. The van der Waals surface area contributed by atoms with Crippen LogP contribution in [0, 0.1) is 0 Å². The lowest BCUT2D eigenvalue weighted by atomic mass is 10.3. The Balaban J connectivity index is 1.67. The molecular weight excluding hydrogens is 386 g/mol. The minimum Gasteiger partial charge on any atom is -0.351 e. The summed E-state index contributed by atoms with van der Waals surface area (Å²) in [7, 11) is 0. The van der Waals surface area contributed by atoms with Crippen molar-refractivity contribution in [1.29, 1.82) is 0 Å². The fourth-order valence-electron chi connectivity index (χ4n) is 1.86. The van der Waals surface area contributed by atoms with Crippen molar-refractivity contribution in [2.45, 2.75) is 13.5 Å². The Morgan fingerprint density at radius 1 is 1.21 bits per heavy atom. The lowest BCUT2D eigenvalue weighted by Crippen LogP contribution is -2.17. The molecule has 0 fully saturated rings. The van der Waals surface area contributed by atoms with Crippen LogP contribution in [0.25, 0.3) is 10.6 Å². The van der Waals surface area contributed by atoms with Crippen LogP contribution in [0.4, 0.5) is 5.13 Å². The molecule has 3 rings (SSSR count). The van der Waals surface area contributed by atoms with Crippen LogP contribution in [0.1, 0.15) is 21.5 Å². The summed E-state index contributed by atoms with van der Waals surface area (Å²) in [4.78, 5) is 30.1. The first-order chi connectivity index (χ1) is 11.5. The molecule has 0 aliphatic heterocycles. The van der Waals surface area contributed by atoms with Gasteiger partial charge in [0, 0.05) is 17.2 Å². The van der Waals surface area contributed by atoms with Crippen LogP contribution in [-0.2, 0) is 11.3 Å². The first-order valence-corrected chi connectivity index (χ1v) is 9.76. The lowest BCUT2D eigenvalue weighted by Gasteiger charge is -1.98. The van der Waals surface area contributed by atoms with Gasteiger partial charge in [0.15, 0.2) is 5.13 Å². The second-order valence-electron chi connectivity index (χ2n) is 4.77. The van der Waals surface area contributed by atoms with Crippen molar-refractivity contribution in [3.05, 3.63) is 43.7 Å². The lowest BCUT2D eigenvalue weighted by molar-refractivity contribution is -0.119. The molecule has 3 aromatic rings. The second-order valence-corrected chi connectivity index (χ2v) is 8.51. The van der Waals surface area contributed by atoms with Gasteiger partial charge >= 0.3 is 0 Å². The molecule has 0 unspecified atom stereocenters. The molecule has 0 bridgehead atoms. The van der Waals surface area contributed by atoms with E-state index in [4.69, 9.17) is 11.6 Å². The number of halogens is 1. The third kappa shape index (κ3) is 4.21. The molecule has 0 aromatic carbocycles. The summed E-state index contributed by atoms with van der Waals surface area (Å²) < 4.78 is 0.574. The largest absolute Gasteiger partial charge is 0.351 e. The van der Waals surface area contributed by atoms with Crippen molar-refractivity contribution < 1.29 is 9.59 Å². The molecule has 124 valence electrons. The topological polar surface area (TPSA) is 71.1 Å². The van der Waals surface area contributed by atoms with E-state index in [0.29, 0.717) is 20.9 Å². The molecule has 3 heterocycles. The molecule has 0 aliphatic rings. The summed E-state index contributed by atoms with van der Waals surface area (Å²) in [5.74, 6) is -0.275. The maximum atomic E-state index is 12.1. The molecule has 0 saturated carbocycles. The van der Waals surface area contributed by atoms with Gasteiger partial charge < -0.3 is 5.32 Å². The van der Waals surface area contributed by atoms with Crippen LogP contribution in [0.2, 0.25) is 4.34 Å². The number of nitrogens with zero attached hydrogens (tertiary/aromatic N) is 1. The summed E-state index contributed by atoms with van der Waals surface area (Å²) >= 11 is 10.00. The van der Waals surface area contributed by atoms with E-state index < -0.39 is 0 Å². The summed E-state index contributed by atoms with van der Waals surface area (Å²) in [6, 6.07) is 7.30. The fourth-order valence-corrected chi connectivity index (χ4v) is 4.49. The Morgan fingerprint density at radius 2 is 2.04 bits per heavy atom. The van der Waals surface area contributed by atoms with E-state index in [9.17, 15) is 9.59 Å². The van der Waals surface area contributed by atoms with Crippen molar-refractivity contribution in [2.24, 2.45) is 0 Å². The molecule has 0 saturated heterocycles. The van der Waals surface area contributed by atoms with Crippen molar-refractivity contribution in [2.75, 3.05) is 5.32 Å². The highest BCUT2D eigenvalue weighted by molar-refractivity contribution is 7.18. The van der Waals surface area contributed by atoms with Crippen LogP contribution in [0.5, 0.6) is 0 Å². The van der Waals surface area contributed by atoms with E-state index in [2.05, 4.69) is 15.6 Å². The van der Waals surface area contributed by atoms with Gasteiger partial charge in [0.1, 0.15) is 0 Å². The zero-order valence-electron chi connectivity index (χ0n) is 12.5. The molecule has 0 spiro atoms. The number of rotatable bonds is 5. The number of hydrogen-bond acceptors (Lipinski definition) is 6. The van der Waals surface area contributed by atoms with Gasteiger partial charge in [-0.3, -0.25) is 14.9 Å². The van der Waals surface area contributed by atoms with E-state index in [-0.39, 0.29) is 11.8 Å². The molecule has 5 nitrogen and oxygen atoms in total. The van der Waals surface area contributed by atoms with E-state index in [1.54, 1.807) is 23.5 Å². The molecule has 3 aromatic heterocycles. The normalized spacial score (nSPS) is 10.6. The van der Waals surface area contributed by atoms with Crippen molar-refractivity contribution in [3.8, 4) is 10.6 Å². The summed E-state index contributed by atoms with van der Waals surface area (Å²) in [5.41, 5.74) is 0.804. The highest BCUT2D eigenvalue weighted by atomic mass is 35.5. The number of thiophene rings is 2. The minimum atomic E-state index is -0.217. The van der Waals surface area contributed by atoms with Gasteiger partial charge in [-0.25, -0.2) is 4.98 Å². The fraction of sp³-hybridized carbons (Fsp3) is 0.133. The quantitative estimate of drug-likeness (QED) is 0.667. The number of aromatic nitrogens is 1. The molecule has 0 aliphatic carbocycles. The number of hydrogen-bond donors (Lipinski definition) is 2. The van der Waals surface area contributed by atoms with Crippen molar-refractivity contribution in [1.82, 2.24) is 10.3 Å². The van der Waals surface area contributed by atoms with Crippen LogP contribution in [0.3, 0.4) is 0 Å². The average molecular weight is 398 g/mol. The van der Waals surface area contributed by atoms with E-state index >= 15 is 0 Å². The minimum absolute atomic E-state index is 0.0581. The Kier molecular flexibility index (Phi) is 5.30. The highest BCUT2D eigenvalue weighted by Gasteiger charge is 2.13. The predicted molar refractivity (Wildman–Crippen MR) is 100 cm³/mol. The van der Waals surface area contributed by atoms with Crippen LogP contribution in [0.15, 0.2) is 29.6 Å². The highest BCUT2D eigenvalue weighted by Crippen LogP contribution is 2.31. The summed E-state index contributed by atoms with van der Waals surface area (Å²) in [6.45, 7) is 2.00. The molecule has 0 atom stereocenters. The van der Waals surface area contributed by atoms with Crippen LogP contribution in [-0.4, -0.2) is 16.8 Å². The Bertz CT molecular complexity index is 884. The first-order valence-electron chi connectivity index (χ1n) is 6.87. The number of carbonyl (C=O) groups excluding carboxylic acids is 2. The molecule has 2 N–H and O–H groups in total. The van der Waals surface area contributed by atoms with Crippen LogP contribution < -0.4 is 10.6 Å². The van der Waals surface area contributed by atoms with Gasteiger partial charge in [0.2, 0.25) is 5.91 Å². The predicted octanol–water partition coefficient (Wildman–Crippen LogP) is 4.47. The van der Waals surface area contributed by atoms with Gasteiger partial charge in [0.25, 0.3) is 5.91 Å². The Morgan fingerprint density at radius 3 is 2.75 bits per heavy atom. The number of anilines is 1. The standard InChI is InChI=1S/C15H12ClN3O2S3/c1-8(20)17-6-9-2-3-11(23-9)10-7-22-15(18-10)19-14(21)12-4-5-13(16)24-12/h2-5,7H,6H2,1H3,(H,17,20)(H,18,19,21). The number of thiazole rings is 1. The van der Waals surface area contributed by atoms with E-state index in [1.807, 2.05) is 17.5 Å². The molecule has 9 heteroatoms. The van der Waals surface area contributed by atoms with E-state index in [0.717, 1.165) is 15.4 Å². The van der Waals surface area contributed by atoms with Crippen molar-refractivity contribution >= 4 is 62.6 Å². The van der Waals surface area contributed by atoms with E-state index in [1.165, 1.54) is 29.6 Å². The number of nitrogens with one attached hydrogen (secondary N) is 2. The third-order valence-corrected chi connectivity index (χ3v) is 6.04. The van der Waals surface area contributed by atoms with Crippen LogP contribution >= 0.6 is 45.6 Å². The third-order valence-electron chi connectivity index (χ3n) is 2.95. The number of amides is 2. The molecule has 0 radical (unpaired) electrons. The summed E-state index contributed by atoms with van der Waals surface area (Å²) in [6.07, 6.45) is 0. The monoisotopic (exact) mass is 397 g/mol. The average Bonchev–Trinajstić information content (AvgIpc) is 3.24. The number of carbonyl (C=O) groups is 2.